The highest BCUT2D eigenvalue weighted by atomic mass is 79.9. The van der Waals surface area contributed by atoms with Gasteiger partial charge in [-0.05, 0) is 46.1 Å². The molecule has 1 aromatic heterocycles. The smallest absolute Gasteiger partial charge is 0.410 e. The first-order valence-corrected chi connectivity index (χ1v) is 14.0. The largest absolute Gasteiger partial charge is 1.00 e. The summed E-state index contributed by atoms with van der Waals surface area (Å²) < 4.78 is 35.4. The predicted molar refractivity (Wildman–Crippen MR) is 143 cm³/mol. The zero-order valence-electron chi connectivity index (χ0n) is 25.6. The van der Waals surface area contributed by atoms with Crippen LogP contribution < -0.4 is 21.5 Å². The van der Waals surface area contributed by atoms with Gasteiger partial charge in [-0.3, -0.25) is 19.2 Å². The third kappa shape index (κ3) is 10.2. The molecule has 43 heavy (non-hydrogen) atoms. The van der Waals surface area contributed by atoms with E-state index < -0.39 is 66.2 Å². The van der Waals surface area contributed by atoms with Crippen molar-refractivity contribution in [3.8, 4) is 0 Å². The van der Waals surface area contributed by atoms with Gasteiger partial charge in [0.2, 0.25) is 6.10 Å². The van der Waals surface area contributed by atoms with E-state index >= 15 is 0 Å². The summed E-state index contributed by atoms with van der Waals surface area (Å²) in [7, 11) is 0. The number of ether oxygens (including phenoxy) is 6. The van der Waals surface area contributed by atoms with E-state index in [0.29, 0.717) is 13.0 Å². The molecule has 0 bridgehead atoms. The molecule has 0 aliphatic carbocycles. The Hall–Kier alpha value is -3.26. The first-order valence-electron chi connectivity index (χ1n) is 14.0. The molecule has 240 valence electrons. The van der Waals surface area contributed by atoms with Crippen LogP contribution in [0.25, 0.3) is 0 Å². The number of hydrogen-bond donors (Lipinski definition) is 0. The van der Waals surface area contributed by atoms with Crippen LogP contribution in [0, 0.1) is 0 Å². The summed E-state index contributed by atoms with van der Waals surface area (Å²) in [6, 6.07) is 3.33. The van der Waals surface area contributed by atoms with E-state index in [1.165, 1.54) is 27.7 Å². The molecule has 13 nitrogen and oxygen atoms in total. The van der Waals surface area contributed by atoms with Crippen LogP contribution in [0.2, 0.25) is 0 Å². The van der Waals surface area contributed by atoms with Crippen LogP contribution in [0.1, 0.15) is 85.6 Å². The number of esters is 4. The first-order chi connectivity index (χ1) is 19.7. The second-order valence-electron chi connectivity index (χ2n) is 11.4. The van der Waals surface area contributed by atoms with Gasteiger partial charge in [-0.15, -0.1) is 0 Å². The van der Waals surface area contributed by atoms with Crippen LogP contribution in [0.4, 0.5) is 4.79 Å². The third-order valence-electron chi connectivity index (χ3n) is 6.62. The number of aromatic nitrogens is 1. The number of piperidine rings is 1. The average Bonchev–Trinajstić information content (AvgIpc) is 2.88. The zero-order chi connectivity index (χ0) is 31.2. The summed E-state index contributed by atoms with van der Waals surface area (Å²) in [6.07, 6.45) is -0.531. The normalized spacial score (nSPS) is 25.4. The Balaban J connectivity index is 0.00000645. The minimum Gasteiger partial charge on any atom is -1.00 e. The van der Waals surface area contributed by atoms with Crippen LogP contribution in [0.15, 0.2) is 24.5 Å². The van der Waals surface area contributed by atoms with Gasteiger partial charge in [-0.2, -0.15) is 4.57 Å². The fourth-order valence-electron chi connectivity index (χ4n) is 5.13. The van der Waals surface area contributed by atoms with Gasteiger partial charge in [0.1, 0.15) is 18.3 Å². The predicted octanol–water partition coefficient (Wildman–Crippen LogP) is -0.304. The summed E-state index contributed by atoms with van der Waals surface area (Å²) in [5.74, 6) is -2.71. The number of pyridine rings is 1. The first kappa shape index (κ1) is 35.9. The molecule has 0 aromatic carbocycles. The second-order valence-corrected chi connectivity index (χ2v) is 11.4. The van der Waals surface area contributed by atoms with Crippen molar-refractivity contribution in [3.63, 3.8) is 0 Å². The highest BCUT2D eigenvalue weighted by Crippen LogP contribution is 2.34. The Kier molecular flexibility index (Phi) is 12.9. The summed E-state index contributed by atoms with van der Waals surface area (Å²) in [6.45, 7) is 10.4. The fraction of sp³-hybridized carbons (Fsp3) is 0.655. The molecular weight excluding hydrogens is 632 g/mol. The van der Waals surface area contributed by atoms with Crippen molar-refractivity contribution in [1.82, 2.24) is 4.90 Å². The van der Waals surface area contributed by atoms with E-state index in [2.05, 4.69) is 0 Å². The van der Waals surface area contributed by atoms with Crippen molar-refractivity contribution >= 4 is 30.0 Å². The quantitative estimate of drug-likeness (QED) is 0.214. The molecule has 2 aliphatic rings. The summed E-state index contributed by atoms with van der Waals surface area (Å²) in [4.78, 5) is 62.8. The molecule has 6 atom stereocenters. The van der Waals surface area contributed by atoms with Crippen molar-refractivity contribution in [1.29, 1.82) is 0 Å². The van der Waals surface area contributed by atoms with Crippen LogP contribution in [-0.4, -0.2) is 78.0 Å². The maximum absolute atomic E-state index is 13.1. The van der Waals surface area contributed by atoms with Crippen molar-refractivity contribution in [2.24, 2.45) is 0 Å². The minimum absolute atomic E-state index is 0. The Morgan fingerprint density at radius 1 is 0.907 bits per heavy atom. The molecule has 3 heterocycles. The van der Waals surface area contributed by atoms with E-state index in [4.69, 9.17) is 28.4 Å². The average molecular weight is 674 g/mol. The molecule has 1 amide bonds. The number of carbonyl (C=O) groups excluding carboxylic acids is 5. The highest BCUT2D eigenvalue weighted by molar-refractivity contribution is 5.69. The van der Waals surface area contributed by atoms with Crippen LogP contribution in [-0.2, 0) is 47.6 Å². The summed E-state index contributed by atoms with van der Waals surface area (Å²) in [5.41, 5.74) is 0.111. The molecule has 0 spiro atoms. The van der Waals surface area contributed by atoms with Gasteiger partial charge in [0.25, 0.3) is 0 Å². The van der Waals surface area contributed by atoms with Crippen molar-refractivity contribution < 1.29 is 73.9 Å². The lowest BCUT2D eigenvalue weighted by Gasteiger charge is -2.42. The van der Waals surface area contributed by atoms with E-state index in [9.17, 15) is 24.0 Å². The molecule has 0 N–H and O–H groups in total. The number of amides is 1. The van der Waals surface area contributed by atoms with Gasteiger partial charge in [-0.25, -0.2) is 4.79 Å². The molecule has 3 rings (SSSR count). The van der Waals surface area contributed by atoms with Crippen molar-refractivity contribution in [2.75, 3.05) is 13.2 Å². The lowest BCUT2D eigenvalue weighted by molar-refractivity contribution is -0.778. The van der Waals surface area contributed by atoms with Gasteiger partial charge in [0.15, 0.2) is 24.6 Å². The Labute approximate surface area is 261 Å². The summed E-state index contributed by atoms with van der Waals surface area (Å²) in [5, 5.41) is 0. The number of carbonyl (C=O) groups is 5. The maximum Gasteiger partial charge on any atom is 0.410 e. The molecule has 0 radical (unpaired) electrons. The van der Waals surface area contributed by atoms with Crippen LogP contribution in [0.3, 0.4) is 0 Å². The SMILES string of the molecule is CC(=O)OC[C@H]1OC([n+]2cccc(C3CCCCN3C(=O)OC(C)(C)C)c2)[C@H](OC(C)=O)[C@@H](OC(C)=O)[C@@H]1OC(C)=O.[Br-]. The third-order valence-corrected chi connectivity index (χ3v) is 6.62. The molecule has 1 aromatic rings. The minimum atomic E-state index is -1.29. The van der Waals surface area contributed by atoms with Gasteiger partial charge >= 0.3 is 36.2 Å². The lowest BCUT2D eigenvalue weighted by Crippen LogP contribution is -3.00. The van der Waals surface area contributed by atoms with Crippen LogP contribution >= 0.6 is 0 Å². The van der Waals surface area contributed by atoms with Gasteiger partial charge in [0.05, 0.1) is 6.04 Å². The van der Waals surface area contributed by atoms with E-state index in [1.54, 1.807) is 27.9 Å². The number of halogens is 1. The van der Waals surface area contributed by atoms with E-state index in [-0.39, 0.29) is 29.6 Å². The van der Waals surface area contributed by atoms with E-state index in [1.807, 2.05) is 26.8 Å². The molecule has 2 saturated heterocycles. The number of nitrogens with zero attached hydrogens (tertiary/aromatic N) is 2. The number of hydrogen-bond acceptors (Lipinski definition) is 11. The molecule has 2 fully saturated rings. The highest BCUT2D eigenvalue weighted by Gasteiger charge is 2.56. The monoisotopic (exact) mass is 672 g/mol. The fourth-order valence-corrected chi connectivity index (χ4v) is 5.13. The van der Waals surface area contributed by atoms with Crippen LogP contribution in [0.5, 0.6) is 0 Å². The Morgan fingerprint density at radius 2 is 1.51 bits per heavy atom. The lowest BCUT2D eigenvalue weighted by atomic mass is 9.95. The second kappa shape index (κ2) is 15.5. The number of rotatable bonds is 7. The van der Waals surface area contributed by atoms with Gasteiger partial charge in [0, 0.05) is 45.9 Å². The molecule has 14 heteroatoms. The number of likely N-dealkylation sites (tertiary alicyclic amines) is 1. The molecule has 2 unspecified atom stereocenters. The van der Waals surface area contributed by atoms with Crippen molar-refractivity contribution in [2.45, 2.75) is 110 Å². The topological polar surface area (TPSA) is 148 Å². The summed E-state index contributed by atoms with van der Waals surface area (Å²) >= 11 is 0. The molecule has 2 aliphatic heterocycles. The Morgan fingerprint density at radius 3 is 2.09 bits per heavy atom. The maximum atomic E-state index is 13.1. The van der Waals surface area contributed by atoms with Crippen molar-refractivity contribution in [3.05, 3.63) is 30.1 Å². The van der Waals surface area contributed by atoms with E-state index in [0.717, 1.165) is 18.4 Å². The van der Waals surface area contributed by atoms with Gasteiger partial charge < -0.3 is 50.3 Å². The van der Waals surface area contributed by atoms with Gasteiger partial charge in [-0.1, -0.05) is 0 Å². The zero-order valence-corrected chi connectivity index (χ0v) is 27.2. The Bertz CT molecular complexity index is 1170. The molecular formula is C29H41BrN2O11. The molecule has 0 saturated carbocycles. The standard InChI is InChI=1S/C29H41N2O11.BrH/c1-17(32)37-16-23-24(38-18(2)33)25(39-19(3)34)26(40-20(4)35)27(41-23)30-13-10-11-21(15-30)22-12-8-9-14-31(22)28(36)42-29(5,6)7;/h10-11,13,15,22-27H,8-9,12,14,16H2,1-7H3;1H/q+1;/p-1/t22?,23-,24-,25+,26-,27?;/m1./s1.